The molecule has 4 nitrogen and oxygen atoms in total. The molecule has 0 fully saturated rings. The van der Waals surface area contributed by atoms with Crippen LogP contribution in [-0.2, 0) is 17.8 Å². The van der Waals surface area contributed by atoms with Crippen LogP contribution in [0.3, 0.4) is 0 Å². The maximum Gasteiger partial charge on any atom is 0.224 e. The molecule has 0 aliphatic rings. The molecule has 1 amide bonds. The number of nitrogens with zero attached hydrogens (tertiary/aromatic N) is 1. The van der Waals surface area contributed by atoms with Gasteiger partial charge in [0, 0.05) is 23.6 Å². The van der Waals surface area contributed by atoms with Gasteiger partial charge in [-0.2, -0.15) is 0 Å². The number of rotatable bonds is 8. The predicted molar refractivity (Wildman–Crippen MR) is 111 cm³/mol. The van der Waals surface area contributed by atoms with Crippen LogP contribution in [0.25, 0.3) is 0 Å². The number of aromatic nitrogens is 1. The third-order valence-corrected chi connectivity index (χ3v) is 4.50. The molecule has 1 heterocycles. The third-order valence-electron chi connectivity index (χ3n) is 4.25. The molecule has 3 aromatic rings. The Balaban J connectivity index is 1.42. The van der Waals surface area contributed by atoms with E-state index in [0.717, 1.165) is 18.4 Å². The van der Waals surface area contributed by atoms with Gasteiger partial charge in [0.15, 0.2) is 0 Å². The Morgan fingerprint density at radius 2 is 1.82 bits per heavy atom. The number of benzene rings is 2. The zero-order chi connectivity index (χ0) is 19.8. The van der Waals surface area contributed by atoms with E-state index in [9.17, 15) is 9.18 Å². The van der Waals surface area contributed by atoms with Crippen molar-refractivity contribution in [2.24, 2.45) is 0 Å². The summed E-state index contributed by atoms with van der Waals surface area (Å²) in [6.45, 7) is 0.343. The standard InChI is InChI=1S/C22H21ClFN3O/c23-18-10-8-16(9-11-18)4-3-7-22(28)27-19-12-13-21(26-15-19)25-14-17-5-1-2-6-20(17)24/h1-2,5-6,8-13,15H,3-4,7,14H2,(H,25,26)(H,27,28). The quantitative estimate of drug-likeness (QED) is 0.531. The molecule has 0 saturated heterocycles. The number of aryl methyl sites for hydroxylation is 1. The van der Waals surface area contributed by atoms with Crippen molar-refractivity contribution in [2.75, 3.05) is 10.6 Å². The van der Waals surface area contributed by atoms with Crippen LogP contribution in [-0.4, -0.2) is 10.9 Å². The Bertz CT molecular complexity index is 914. The van der Waals surface area contributed by atoms with Crippen molar-refractivity contribution in [2.45, 2.75) is 25.8 Å². The minimum atomic E-state index is -0.252. The van der Waals surface area contributed by atoms with E-state index in [1.54, 1.807) is 36.5 Å². The maximum atomic E-state index is 13.6. The fraction of sp³-hybridized carbons (Fsp3) is 0.182. The zero-order valence-electron chi connectivity index (χ0n) is 15.3. The molecule has 0 aliphatic heterocycles. The van der Waals surface area contributed by atoms with E-state index in [1.807, 2.05) is 24.3 Å². The molecule has 1 aromatic heterocycles. The van der Waals surface area contributed by atoms with Crippen LogP contribution in [0.4, 0.5) is 15.9 Å². The zero-order valence-corrected chi connectivity index (χ0v) is 16.0. The number of halogens is 2. The van der Waals surface area contributed by atoms with Gasteiger partial charge in [0.2, 0.25) is 5.91 Å². The van der Waals surface area contributed by atoms with Crippen LogP contribution >= 0.6 is 11.6 Å². The molecule has 6 heteroatoms. The predicted octanol–water partition coefficient (Wildman–Crippen LogP) is 5.45. The molecule has 0 radical (unpaired) electrons. The molecule has 0 bridgehead atoms. The van der Waals surface area contributed by atoms with Crippen LogP contribution in [0.5, 0.6) is 0 Å². The fourth-order valence-corrected chi connectivity index (χ4v) is 2.85. The highest BCUT2D eigenvalue weighted by Gasteiger charge is 2.05. The van der Waals surface area contributed by atoms with Gasteiger partial charge in [-0.1, -0.05) is 41.9 Å². The van der Waals surface area contributed by atoms with Gasteiger partial charge >= 0.3 is 0 Å². The number of nitrogens with one attached hydrogen (secondary N) is 2. The summed E-state index contributed by atoms with van der Waals surface area (Å²) in [6.07, 6.45) is 3.58. The van der Waals surface area contributed by atoms with Crippen molar-refractivity contribution in [1.29, 1.82) is 0 Å². The second-order valence-corrected chi connectivity index (χ2v) is 6.84. The van der Waals surface area contributed by atoms with Gasteiger partial charge in [-0.05, 0) is 48.7 Å². The smallest absolute Gasteiger partial charge is 0.224 e. The average Bonchev–Trinajstić information content (AvgIpc) is 2.70. The molecule has 0 spiro atoms. The lowest BCUT2D eigenvalue weighted by Crippen LogP contribution is -2.12. The van der Waals surface area contributed by atoms with E-state index in [1.165, 1.54) is 6.07 Å². The molecule has 0 aliphatic carbocycles. The molecule has 0 atom stereocenters. The van der Waals surface area contributed by atoms with E-state index in [4.69, 9.17) is 11.6 Å². The van der Waals surface area contributed by atoms with Gasteiger partial charge in [-0.25, -0.2) is 9.37 Å². The minimum Gasteiger partial charge on any atom is -0.366 e. The van der Waals surface area contributed by atoms with E-state index < -0.39 is 0 Å². The van der Waals surface area contributed by atoms with Gasteiger partial charge in [-0.3, -0.25) is 4.79 Å². The van der Waals surface area contributed by atoms with E-state index in [2.05, 4.69) is 15.6 Å². The maximum absolute atomic E-state index is 13.6. The highest BCUT2D eigenvalue weighted by Crippen LogP contribution is 2.14. The number of hydrogen-bond donors (Lipinski definition) is 2. The summed E-state index contributed by atoms with van der Waals surface area (Å²) in [5.41, 5.74) is 2.36. The lowest BCUT2D eigenvalue weighted by atomic mass is 10.1. The Hall–Kier alpha value is -2.92. The number of hydrogen-bond acceptors (Lipinski definition) is 3. The third kappa shape index (κ3) is 6.06. The van der Waals surface area contributed by atoms with Crippen molar-refractivity contribution in [3.63, 3.8) is 0 Å². The molecular weight excluding hydrogens is 377 g/mol. The summed E-state index contributed by atoms with van der Waals surface area (Å²) in [4.78, 5) is 16.3. The van der Waals surface area contributed by atoms with Gasteiger partial charge in [0.25, 0.3) is 0 Å². The van der Waals surface area contributed by atoms with E-state index in [0.29, 0.717) is 35.1 Å². The lowest BCUT2D eigenvalue weighted by molar-refractivity contribution is -0.116. The molecule has 144 valence electrons. The highest BCUT2D eigenvalue weighted by atomic mass is 35.5. The molecule has 0 saturated carbocycles. The Labute approximate surface area is 168 Å². The average molecular weight is 398 g/mol. The van der Waals surface area contributed by atoms with Crippen LogP contribution in [0.15, 0.2) is 66.9 Å². The first kappa shape index (κ1) is 19.8. The first-order valence-electron chi connectivity index (χ1n) is 9.08. The van der Waals surface area contributed by atoms with Gasteiger partial charge in [0.05, 0.1) is 11.9 Å². The molecule has 28 heavy (non-hydrogen) atoms. The van der Waals surface area contributed by atoms with Gasteiger partial charge < -0.3 is 10.6 Å². The SMILES string of the molecule is O=C(CCCc1ccc(Cl)cc1)Nc1ccc(NCc2ccccc2F)nc1. The fourth-order valence-electron chi connectivity index (χ4n) is 2.73. The van der Waals surface area contributed by atoms with Crippen LogP contribution in [0.2, 0.25) is 5.02 Å². The molecule has 3 rings (SSSR count). The molecule has 0 unspecified atom stereocenters. The van der Waals surface area contributed by atoms with Crippen LogP contribution < -0.4 is 10.6 Å². The summed E-state index contributed by atoms with van der Waals surface area (Å²) in [7, 11) is 0. The van der Waals surface area contributed by atoms with Crippen molar-refractivity contribution in [3.05, 3.63) is 88.8 Å². The van der Waals surface area contributed by atoms with Crippen LogP contribution in [0.1, 0.15) is 24.0 Å². The summed E-state index contributed by atoms with van der Waals surface area (Å²) in [5, 5.41) is 6.61. The number of carbonyl (C=O) groups is 1. The summed E-state index contributed by atoms with van der Waals surface area (Å²) in [5.74, 6) is 0.310. The lowest BCUT2D eigenvalue weighted by Gasteiger charge is -2.08. The highest BCUT2D eigenvalue weighted by molar-refractivity contribution is 6.30. The normalized spacial score (nSPS) is 10.5. The van der Waals surface area contributed by atoms with Gasteiger partial charge in [-0.15, -0.1) is 0 Å². The number of amides is 1. The number of anilines is 2. The van der Waals surface area contributed by atoms with Crippen molar-refractivity contribution in [3.8, 4) is 0 Å². The molecule has 2 N–H and O–H groups in total. The molecular formula is C22H21ClFN3O. The minimum absolute atomic E-state index is 0.0529. The first-order chi connectivity index (χ1) is 13.6. The van der Waals surface area contributed by atoms with Crippen molar-refractivity contribution < 1.29 is 9.18 Å². The first-order valence-corrected chi connectivity index (χ1v) is 9.45. The number of carbonyl (C=O) groups excluding carboxylic acids is 1. The monoisotopic (exact) mass is 397 g/mol. The van der Waals surface area contributed by atoms with E-state index >= 15 is 0 Å². The van der Waals surface area contributed by atoms with E-state index in [-0.39, 0.29) is 11.7 Å². The Kier molecular flexibility index (Phi) is 6.98. The second-order valence-electron chi connectivity index (χ2n) is 6.41. The largest absolute Gasteiger partial charge is 0.366 e. The molecule has 2 aromatic carbocycles. The number of pyridine rings is 1. The van der Waals surface area contributed by atoms with Gasteiger partial charge in [0.1, 0.15) is 11.6 Å². The topological polar surface area (TPSA) is 54.0 Å². The Morgan fingerprint density at radius 3 is 2.54 bits per heavy atom. The summed E-state index contributed by atoms with van der Waals surface area (Å²) < 4.78 is 13.6. The summed E-state index contributed by atoms with van der Waals surface area (Å²) >= 11 is 5.86. The Morgan fingerprint density at radius 1 is 1.04 bits per heavy atom. The summed E-state index contributed by atoms with van der Waals surface area (Å²) in [6, 6.07) is 17.8. The van der Waals surface area contributed by atoms with Crippen molar-refractivity contribution in [1.82, 2.24) is 4.98 Å². The second kappa shape index (κ2) is 9.85. The van der Waals surface area contributed by atoms with Crippen LogP contribution in [0, 0.1) is 5.82 Å². The van der Waals surface area contributed by atoms with Crippen molar-refractivity contribution >= 4 is 29.0 Å².